The summed E-state index contributed by atoms with van der Waals surface area (Å²) in [4.78, 5) is 12.1. The number of hydrogen-bond donors (Lipinski definition) is 2. The largest absolute Gasteiger partial charge is 0.398 e. The fourth-order valence-electron chi connectivity index (χ4n) is 3.62. The summed E-state index contributed by atoms with van der Waals surface area (Å²) in [7, 11) is 0. The second kappa shape index (κ2) is 5.16. The topological polar surface area (TPSA) is 55.1 Å². The first kappa shape index (κ1) is 13.0. The number of carbonyl (C=O) groups is 1. The molecule has 0 saturated heterocycles. The molecule has 19 heavy (non-hydrogen) atoms. The molecule has 102 valence electrons. The van der Waals surface area contributed by atoms with Crippen LogP contribution in [0.15, 0.2) is 22.7 Å². The van der Waals surface area contributed by atoms with Gasteiger partial charge in [-0.05, 0) is 71.1 Å². The van der Waals surface area contributed by atoms with Crippen molar-refractivity contribution in [1.29, 1.82) is 0 Å². The highest BCUT2D eigenvalue weighted by atomic mass is 79.9. The highest BCUT2D eigenvalue weighted by molar-refractivity contribution is 9.10. The van der Waals surface area contributed by atoms with E-state index in [-0.39, 0.29) is 5.91 Å². The summed E-state index contributed by atoms with van der Waals surface area (Å²) in [5.74, 6) is 2.48. The van der Waals surface area contributed by atoms with Gasteiger partial charge in [-0.1, -0.05) is 6.42 Å². The minimum Gasteiger partial charge on any atom is -0.398 e. The van der Waals surface area contributed by atoms with Crippen LogP contribution in [-0.2, 0) is 0 Å². The van der Waals surface area contributed by atoms with Gasteiger partial charge in [0.05, 0.1) is 0 Å². The van der Waals surface area contributed by atoms with Crippen LogP contribution < -0.4 is 11.1 Å². The molecule has 3 rings (SSSR count). The Morgan fingerprint density at radius 1 is 1.37 bits per heavy atom. The molecule has 1 amide bonds. The van der Waals surface area contributed by atoms with E-state index in [0.29, 0.717) is 17.2 Å². The van der Waals surface area contributed by atoms with E-state index in [1.807, 2.05) is 0 Å². The van der Waals surface area contributed by atoms with Crippen molar-refractivity contribution in [2.45, 2.75) is 25.7 Å². The lowest BCUT2D eigenvalue weighted by molar-refractivity contribution is 0.0941. The van der Waals surface area contributed by atoms with Crippen LogP contribution in [0.4, 0.5) is 5.69 Å². The van der Waals surface area contributed by atoms with Crippen molar-refractivity contribution >= 4 is 27.5 Å². The minimum absolute atomic E-state index is 0.00322. The molecular weight excluding hydrogens is 304 g/mol. The van der Waals surface area contributed by atoms with Crippen LogP contribution in [0.1, 0.15) is 36.0 Å². The molecule has 2 aliphatic carbocycles. The van der Waals surface area contributed by atoms with Crippen molar-refractivity contribution in [2.75, 3.05) is 12.3 Å². The third-order valence-corrected chi connectivity index (χ3v) is 5.36. The van der Waals surface area contributed by atoms with E-state index < -0.39 is 0 Å². The summed E-state index contributed by atoms with van der Waals surface area (Å²) in [5.41, 5.74) is 7.05. The Kier molecular flexibility index (Phi) is 3.52. The highest BCUT2D eigenvalue weighted by Crippen LogP contribution is 2.47. The molecule has 1 aromatic rings. The van der Waals surface area contributed by atoms with Crippen LogP contribution in [-0.4, -0.2) is 12.5 Å². The van der Waals surface area contributed by atoms with Gasteiger partial charge in [0.1, 0.15) is 0 Å². The summed E-state index contributed by atoms with van der Waals surface area (Å²) in [6, 6.07) is 5.32. The lowest BCUT2D eigenvalue weighted by Crippen LogP contribution is -2.31. The van der Waals surface area contributed by atoms with E-state index in [9.17, 15) is 4.79 Å². The van der Waals surface area contributed by atoms with Gasteiger partial charge < -0.3 is 11.1 Å². The quantitative estimate of drug-likeness (QED) is 0.839. The highest BCUT2D eigenvalue weighted by Gasteiger charge is 2.39. The zero-order valence-electron chi connectivity index (χ0n) is 10.9. The number of halogens is 1. The number of anilines is 1. The molecule has 1 aromatic carbocycles. The Bertz CT molecular complexity index is 503. The third-order valence-electron chi connectivity index (χ3n) is 4.67. The molecule has 3 atom stereocenters. The first-order chi connectivity index (χ1) is 9.13. The number of fused-ring (bicyclic) bond motifs is 2. The summed E-state index contributed by atoms with van der Waals surface area (Å²) in [6.07, 6.45) is 5.45. The molecular formula is C15H19BrN2O. The van der Waals surface area contributed by atoms with Crippen molar-refractivity contribution in [2.24, 2.45) is 17.8 Å². The summed E-state index contributed by atoms with van der Waals surface area (Å²) < 4.78 is 0.778. The first-order valence-electron chi connectivity index (χ1n) is 6.96. The molecule has 0 radical (unpaired) electrons. The maximum atomic E-state index is 12.1. The van der Waals surface area contributed by atoms with Gasteiger partial charge in [0, 0.05) is 22.3 Å². The molecule has 3 unspecified atom stereocenters. The van der Waals surface area contributed by atoms with Crippen LogP contribution in [0, 0.1) is 17.8 Å². The Hall–Kier alpha value is -1.03. The molecule has 3 nitrogen and oxygen atoms in total. The van der Waals surface area contributed by atoms with E-state index in [0.717, 1.165) is 22.9 Å². The molecule has 0 spiro atoms. The molecule has 0 aromatic heterocycles. The number of carbonyl (C=O) groups excluding carboxylic acids is 1. The molecule has 0 aliphatic heterocycles. The molecule has 4 heteroatoms. The van der Waals surface area contributed by atoms with E-state index in [4.69, 9.17) is 5.73 Å². The maximum absolute atomic E-state index is 12.1. The normalized spacial score (nSPS) is 28.6. The zero-order valence-corrected chi connectivity index (χ0v) is 12.4. The molecule has 2 fully saturated rings. The number of nitrogens with one attached hydrogen (secondary N) is 1. The van der Waals surface area contributed by atoms with Crippen molar-refractivity contribution in [3.63, 3.8) is 0 Å². The second-order valence-corrected chi connectivity index (χ2v) is 6.74. The third kappa shape index (κ3) is 2.64. The predicted molar refractivity (Wildman–Crippen MR) is 79.8 cm³/mol. The van der Waals surface area contributed by atoms with Crippen LogP contribution in [0.2, 0.25) is 0 Å². The van der Waals surface area contributed by atoms with E-state index in [1.165, 1.54) is 25.7 Å². The fourth-order valence-corrected chi connectivity index (χ4v) is 4.00. The van der Waals surface area contributed by atoms with Gasteiger partial charge in [0.2, 0.25) is 0 Å². The van der Waals surface area contributed by atoms with Gasteiger partial charge in [0.15, 0.2) is 0 Å². The van der Waals surface area contributed by atoms with E-state index >= 15 is 0 Å². The number of rotatable bonds is 3. The lowest BCUT2D eigenvalue weighted by Gasteiger charge is -2.21. The molecule has 3 N–H and O–H groups in total. The van der Waals surface area contributed by atoms with Gasteiger partial charge in [-0.2, -0.15) is 0 Å². The summed E-state index contributed by atoms with van der Waals surface area (Å²) >= 11 is 3.35. The van der Waals surface area contributed by atoms with Gasteiger partial charge >= 0.3 is 0 Å². The Balaban J connectivity index is 1.57. The smallest absolute Gasteiger partial charge is 0.251 e. The van der Waals surface area contributed by atoms with Gasteiger partial charge in [-0.3, -0.25) is 4.79 Å². The molecule has 0 heterocycles. The number of amides is 1. The lowest BCUT2D eigenvalue weighted by atomic mass is 9.89. The van der Waals surface area contributed by atoms with Crippen LogP contribution in [0.5, 0.6) is 0 Å². The van der Waals surface area contributed by atoms with Crippen molar-refractivity contribution < 1.29 is 4.79 Å². The number of benzene rings is 1. The molecule has 2 bridgehead atoms. The zero-order chi connectivity index (χ0) is 13.4. The van der Waals surface area contributed by atoms with Crippen molar-refractivity contribution in [3.8, 4) is 0 Å². The van der Waals surface area contributed by atoms with Gasteiger partial charge in [-0.15, -0.1) is 0 Å². The monoisotopic (exact) mass is 322 g/mol. The fraction of sp³-hybridized carbons (Fsp3) is 0.533. The number of nitrogen functional groups attached to an aromatic ring is 1. The molecule has 2 aliphatic rings. The number of hydrogen-bond acceptors (Lipinski definition) is 2. The van der Waals surface area contributed by atoms with Crippen LogP contribution in [0.3, 0.4) is 0 Å². The SMILES string of the molecule is Nc1ccc(C(=O)NCC2CC3CCC2C3)cc1Br. The van der Waals surface area contributed by atoms with Crippen LogP contribution in [0.25, 0.3) is 0 Å². The minimum atomic E-state index is 0.00322. The Labute approximate surface area is 122 Å². The molecule has 2 saturated carbocycles. The van der Waals surface area contributed by atoms with E-state index in [2.05, 4.69) is 21.2 Å². The van der Waals surface area contributed by atoms with Crippen molar-refractivity contribution in [1.82, 2.24) is 5.32 Å². The average molecular weight is 323 g/mol. The maximum Gasteiger partial charge on any atom is 0.251 e. The second-order valence-electron chi connectivity index (χ2n) is 5.88. The van der Waals surface area contributed by atoms with Gasteiger partial charge in [-0.25, -0.2) is 0 Å². The van der Waals surface area contributed by atoms with E-state index in [1.54, 1.807) is 18.2 Å². The summed E-state index contributed by atoms with van der Waals surface area (Å²) in [6.45, 7) is 0.821. The Morgan fingerprint density at radius 2 is 2.21 bits per heavy atom. The average Bonchev–Trinajstić information content (AvgIpc) is 3.01. The predicted octanol–water partition coefficient (Wildman–Crippen LogP) is 3.20. The summed E-state index contributed by atoms with van der Waals surface area (Å²) in [5, 5.41) is 3.07. The number of nitrogens with two attached hydrogens (primary N) is 1. The standard InChI is InChI=1S/C15H19BrN2O/c16-13-7-11(3-4-14(13)17)15(19)18-8-12-6-9-1-2-10(12)5-9/h3-4,7,9-10,12H,1-2,5-6,8,17H2,(H,18,19). The first-order valence-corrected chi connectivity index (χ1v) is 7.76. The van der Waals surface area contributed by atoms with Gasteiger partial charge in [0.25, 0.3) is 5.91 Å². The Morgan fingerprint density at radius 3 is 2.84 bits per heavy atom. The van der Waals surface area contributed by atoms with Crippen LogP contribution >= 0.6 is 15.9 Å². The van der Waals surface area contributed by atoms with Crippen molar-refractivity contribution in [3.05, 3.63) is 28.2 Å².